The van der Waals surface area contributed by atoms with Crippen LogP contribution in [0.4, 0.5) is 5.95 Å². The fraction of sp³-hybridized carbons (Fsp3) is 0.273. The molecular weight excluding hydrogens is 222 g/mol. The zero-order chi connectivity index (χ0) is 11.4. The lowest BCUT2D eigenvalue weighted by atomic mass is 10.3. The Morgan fingerprint density at radius 2 is 2.06 bits per heavy atom. The minimum atomic E-state index is 0.612. The Balaban J connectivity index is 2.13. The minimum Gasteiger partial charge on any atom is -0.461 e. The van der Waals surface area contributed by atoms with E-state index in [4.69, 9.17) is 4.42 Å². The van der Waals surface area contributed by atoms with Gasteiger partial charge in [-0.1, -0.05) is 0 Å². The molecule has 84 valence electrons. The van der Waals surface area contributed by atoms with Crippen molar-refractivity contribution in [3.63, 3.8) is 0 Å². The second-order valence-corrected chi connectivity index (χ2v) is 3.80. The van der Waals surface area contributed by atoms with Crippen LogP contribution in [0.2, 0.25) is 0 Å². The molecule has 0 spiro atoms. The summed E-state index contributed by atoms with van der Waals surface area (Å²) in [6.45, 7) is 2.66. The lowest BCUT2D eigenvalue weighted by Crippen LogP contribution is -2.05. The van der Waals surface area contributed by atoms with E-state index in [1.165, 1.54) is 0 Å². The molecule has 0 aliphatic carbocycles. The van der Waals surface area contributed by atoms with E-state index in [9.17, 15) is 0 Å². The quantitative estimate of drug-likeness (QED) is 0.799. The highest BCUT2D eigenvalue weighted by Gasteiger charge is 2.03. The van der Waals surface area contributed by atoms with Gasteiger partial charge in [-0.3, -0.25) is 0 Å². The Bertz CT molecular complexity index is 453. The van der Waals surface area contributed by atoms with E-state index in [0.29, 0.717) is 5.95 Å². The summed E-state index contributed by atoms with van der Waals surface area (Å²) in [6, 6.07) is 3.83. The van der Waals surface area contributed by atoms with Crippen molar-refractivity contribution in [2.45, 2.75) is 6.92 Å². The third kappa shape index (κ3) is 2.55. The molecule has 0 unspecified atom stereocenters. The maximum Gasteiger partial charge on any atom is 0.222 e. The number of hydrogen-bond acceptors (Lipinski definition) is 5. The van der Waals surface area contributed by atoms with Gasteiger partial charge < -0.3 is 9.73 Å². The molecule has 2 aromatic rings. The van der Waals surface area contributed by atoms with Gasteiger partial charge in [-0.05, 0) is 19.1 Å². The summed E-state index contributed by atoms with van der Waals surface area (Å²) in [6.07, 6.45) is 3.48. The van der Waals surface area contributed by atoms with Crippen LogP contribution >= 0.6 is 12.6 Å². The molecule has 0 aliphatic rings. The number of hydrogen-bond donors (Lipinski definition) is 2. The van der Waals surface area contributed by atoms with E-state index < -0.39 is 0 Å². The highest BCUT2D eigenvalue weighted by Crippen LogP contribution is 2.20. The van der Waals surface area contributed by atoms with Gasteiger partial charge in [0.25, 0.3) is 0 Å². The molecule has 2 heterocycles. The second kappa shape index (κ2) is 5.03. The Kier molecular flexibility index (Phi) is 3.46. The average molecular weight is 235 g/mol. The molecule has 0 bridgehead atoms. The largest absolute Gasteiger partial charge is 0.461 e. The van der Waals surface area contributed by atoms with E-state index >= 15 is 0 Å². The predicted molar refractivity (Wildman–Crippen MR) is 66.8 cm³/mol. The fourth-order valence-corrected chi connectivity index (χ4v) is 1.42. The van der Waals surface area contributed by atoms with E-state index in [1.807, 2.05) is 19.1 Å². The summed E-state index contributed by atoms with van der Waals surface area (Å²) in [5, 5.41) is 3.05. The molecule has 2 aromatic heterocycles. The third-order valence-electron chi connectivity index (χ3n) is 2.07. The van der Waals surface area contributed by atoms with Crippen molar-refractivity contribution in [3.8, 4) is 11.3 Å². The summed E-state index contributed by atoms with van der Waals surface area (Å²) >= 11 is 4.10. The van der Waals surface area contributed by atoms with E-state index in [0.717, 1.165) is 29.4 Å². The van der Waals surface area contributed by atoms with Gasteiger partial charge in [0.1, 0.15) is 11.5 Å². The lowest BCUT2D eigenvalue weighted by Gasteiger charge is -2.02. The molecule has 0 radical (unpaired) electrons. The van der Waals surface area contributed by atoms with Gasteiger partial charge in [0, 0.05) is 24.7 Å². The molecule has 0 saturated carbocycles. The van der Waals surface area contributed by atoms with Gasteiger partial charge in [-0.25, -0.2) is 9.97 Å². The summed E-state index contributed by atoms with van der Waals surface area (Å²) in [5.74, 6) is 3.04. The summed E-state index contributed by atoms with van der Waals surface area (Å²) in [5.41, 5.74) is 0.879. The maximum atomic E-state index is 5.48. The highest BCUT2D eigenvalue weighted by molar-refractivity contribution is 7.80. The van der Waals surface area contributed by atoms with E-state index in [2.05, 4.69) is 27.9 Å². The first kappa shape index (κ1) is 11.0. The van der Waals surface area contributed by atoms with Crippen LogP contribution in [0.1, 0.15) is 5.76 Å². The first-order valence-corrected chi connectivity index (χ1v) is 5.66. The van der Waals surface area contributed by atoms with Gasteiger partial charge in [-0.15, -0.1) is 0 Å². The van der Waals surface area contributed by atoms with Gasteiger partial charge in [0.05, 0.1) is 5.56 Å². The second-order valence-electron chi connectivity index (χ2n) is 3.36. The van der Waals surface area contributed by atoms with Crippen molar-refractivity contribution < 1.29 is 4.42 Å². The summed E-state index contributed by atoms with van der Waals surface area (Å²) in [4.78, 5) is 8.37. The smallest absolute Gasteiger partial charge is 0.222 e. The number of nitrogens with zero attached hydrogens (tertiary/aromatic N) is 2. The van der Waals surface area contributed by atoms with Crippen LogP contribution in [0.3, 0.4) is 0 Å². The highest BCUT2D eigenvalue weighted by atomic mass is 32.1. The normalized spacial score (nSPS) is 10.4. The zero-order valence-corrected chi connectivity index (χ0v) is 9.87. The fourth-order valence-electron chi connectivity index (χ4n) is 1.30. The van der Waals surface area contributed by atoms with E-state index in [1.54, 1.807) is 12.4 Å². The number of rotatable bonds is 4. The molecule has 2 rings (SSSR count). The van der Waals surface area contributed by atoms with Gasteiger partial charge in [0.2, 0.25) is 5.95 Å². The van der Waals surface area contributed by atoms with E-state index in [-0.39, 0.29) is 0 Å². The van der Waals surface area contributed by atoms with Crippen molar-refractivity contribution in [1.82, 2.24) is 9.97 Å². The van der Waals surface area contributed by atoms with Crippen molar-refractivity contribution in [2.24, 2.45) is 0 Å². The summed E-state index contributed by atoms with van der Waals surface area (Å²) in [7, 11) is 0. The van der Waals surface area contributed by atoms with Gasteiger partial charge >= 0.3 is 0 Å². The number of anilines is 1. The third-order valence-corrected chi connectivity index (χ3v) is 2.30. The van der Waals surface area contributed by atoms with Crippen LogP contribution in [-0.4, -0.2) is 22.3 Å². The van der Waals surface area contributed by atoms with Gasteiger partial charge in [-0.2, -0.15) is 12.6 Å². The molecule has 0 saturated heterocycles. The maximum absolute atomic E-state index is 5.48. The number of nitrogens with one attached hydrogen (secondary N) is 1. The molecule has 4 nitrogen and oxygen atoms in total. The Morgan fingerprint density at radius 1 is 1.31 bits per heavy atom. The van der Waals surface area contributed by atoms with Gasteiger partial charge in [0.15, 0.2) is 0 Å². The molecular formula is C11H13N3OS. The molecule has 0 amide bonds. The van der Waals surface area contributed by atoms with Crippen LogP contribution in [-0.2, 0) is 0 Å². The molecule has 0 fully saturated rings. The zero-order valence-electron chi connectivity index (χ0n) is 8.97. The van der Waals surface area contributed by atoms with Crippen LogP contribution in [0.5, 0.6) is 0 Å². The first-order valence-electron chi connectivity index (χ1n) is 5.03. The van der Waals surface area contributed by atoms with Crippen LogP contribution in [0, 0.1) is 6.92 Å². The Labute approximate surface area is 99.5 Å². The molecule has 0 aliphatic heterocycles. The number of thiol groups is 1. The van der Waals surface area contributed by atoms with Crippen molar-refractivity contribution >= 4 is 18.6 Å². The predicted octanol–water partition coefficient (Wildman–Crippen LogP) is 2.39. The van der Waals surface area contributed by atoms with Crippen LogP contribution in [0.25, 0.3) is 11.3 Å². The summed E-state index contributed by atoms with van der Waals surface area (Å²) < 4.78 is 5.48. The number of furan rings is 1. The van der Waals surface area contributed by atoms with Crippen molar-refractivity contribution in [2.75, 3.05) is 17.6 Å². The molecule has 5 heteroatoms. The lowest BCUT2D eigenvalue weighted by molar-refractivity contribution is 0.548. The monoisotopic (exact) mass is 235 g/mol. The SMILES string of the molecule is Cc1ccc(-c2cnc(NCCS)nc2)o1. The Hall–Kier alpha value is -1.49. The molecule has 0 aromatic carbocycles. The van der Waals surface area contributed by atoms with Crippen molar-refractivity contribution in [1.29, 1.82) is 0 Å². The average Bonchev–Trinajstić information content (AvgIpc) is 2.74. The van der Waals surface area contributed by atoms with Crippen LogP contribution < -0.4 is 5.32 Å². The molecule has 1 N–H and O–H groups in total. The Morgan fingerprint density at radius 3 is 2.62 bits per heavy atom. The molecule has 0 atom stereocenters. The number of aromatic nitrogens is 2. The molecule has 16 heavy (non-hydrogen) atoms. The first-order chi connectivity index (χ1) is 7.79. The number of aryl methyl sites for hydroxylation is 1. The van der Waals surface area contributed by atoms with Crippen LogP contribution in [0.15, 0.2) is 28.9 Å². The van der Waals surface area contributed by atoms with Crippen molar-refractivity contribution in [3.05, 3.63) is 30.3 Å². The standard InChI is InChI=1S/C11H13N3OS/c1-8-2-3-10(15-8)9-6-13-11(14-7-9)12-4-5-16/h2-3,6-7,16H,4-5H2,1H3,(H,12,13,14). The topological polar surface area (TPSA) is 51.0 Å². The minimum absolute atomic E-state index is 0.612.